The van der Waals surface area contributed by atoms with Gasteiger partial charge >= 0.3 is 0 Å². The van der Waals surface area contributed by atoms with E-state index >= 15 is 0 Å². The third-order valence-corrected chi connectivity index (χ3v) is 7.58. The van der Waals surface area contributed by atoms with Gasteiger partial charge in [0.15, 0.2) is 5.78 Å². The molecule has 0 amide bonds. The zero-order chi connectivity index (χ0) is 26.8. The van der Waals surface area contributed by atoms with Crippen molar-refractivity contribution in [3.63, 3.8) is 0 Å². The number of carbonyl (C=O) groups excluding carboxylic acids is 1. The maximum absolute atomic E-state index is 14.1. The Bertz CT molecular complexity index is 1560. The fraction of sp³-hybridized carbons (Fsp3) is 0.179. The molecule has 1 aromatic heterocycles. The summed E-state index contributed by atoms with van der Waals surface area (Å²) in [5.41, 5.74) is 3.46. The molecular formula is C28H23Cl2FN4O2S. The lowest BCUT2D eigenvalue weighted by atomic mass is 9.93. The summed E-state index contributed by atoms with van der Waals surface area (Å²) in [6.45, 7) is 3.63. The number of aromatic nitrogens is 3. The Hall–Kier alpha value is -3.33. The van der Waals surface area contributed by atoms with Crippen LogP contribution in [0.15, 0.2) is 83.2 Å². The largest absolute Gasteiger partial charge is 0.489 e. The molecule has 0 fully saturated rings. The number of Topliss-reactive ketones (excluding diaryl/α,β-unsaturated/α-hetero) is 1. The number of thioether (sulfide) groups is 1. The molecule has 4 aromatic rings. The maximum Gasteiger partial charge on any atom is 0.227 e. The van der Waals surface area contributed by atoms with Gasteiger partial charge in [-0.2, -0.15) is 4.98 Å². The Morgan fingerprint density at radius 2 is 1.92 bits per heavy atom. The Morgan fingerprint density at radius 1 is 1.11 bits per heavy atom. The second-order valence-electron chi connectivity index (χ2n) is 8.76. The average molecular weight is 569 g/mol. The first-order chi connectivity index (χ1) is 18.3. The minimum atomic E-state index is -0.512. The summed E-state index contributed by atoms with van der Waals surface area (Å²) in [5, 5.41) is 9.44. The zero-order valence-electron chi connectivity index (χ0n) is 20.5. The molecule has 3 aromatic carbocycles. The molecule has 0 aliphatic carbocycles. The number of halogens is 3. The molecule has 5 rings (SSSR count). The molecule has 38 heavy (non-hydrogen) atoms. The predicted octanol–water partition coefficient (Wildman–Crippen LogP) is 7.47. The Morgan fingerprint density at radius 3 is 2.68 bits per heavy atom. The second-order valence-corrected chi connectivity index (χ2v) is 10.5. The van der Waals surface area contributed by atoms with Gasteiger partial charge in [0.2, 0.25) is 11.1 Å². The summed E-state index contributed by atoms with van der Waals surface area (Å²) in [7, 11) is 0. The van der Waals surface area contributed by atoms with Crippen LogP contribution in [-0.4, -0.2) is 20.5 Å². The summed E-state index contributed by atoms with van der Waals surface area (Å²) < 4.78 is 21.8. The fourth-order valence-corrected chi connectivity index (χ4v) is 5.57. The normalized spacial score (nSPS) is 14.7. The van der Waals surface area contributed by atoms with Gasteiger partial charge in [-0.05, 0) is 55.3 Å². The Balaban J connectivity index is 1.43. The van der Waals surface area contributed by atoms with Crippen LogP contribution in [0.2, 0.25) is 10.0 Å². The van der Waals surface area contributed by atoms with E-state index in [9.17, 15) is 9.18 Å². The molecule has 0 saturated carbocycles. The molecule has 6 nitrogen and oxygen atoms in total. The average Bonchev–Trinajstić information content (AvgIpc) is 3.29. The van der Waals surface area contributed by atoms with Gasteiger partial charge in [0.05, 0.1) is 0 Å². The van der Waals surface area contributed by atoms with Crippen molar-refractivity contribution in [2.75, 3.05) is 5.32 Å². The van der Waals surface area contributed by atoms with Crippen LogP contribution in [0.5, 0.6) is 5.75 Å². The molecule has 2 heterocycles. The number of carbonyl (C=O) groups is 1. The quantitative estimate of drug-likeness (QED) is 0.222. The van der Waals surface area contributed by atoms with Gasteiger partial charge in [-0.3, -0.25) is 4.79 Å². The number of fused-ring (bicyclic) bond motifs is 1. The molecule has 0 spiro atoms. The van der Waals surface area contributed by atoms with Gasteiger partial charge in [-0.15, -0.1) is 5.10 Å². The van der Waals surface area contributed by atoms with E-state index in [1.165, 1.54) is 24.8 Å². The molecule has 1 aliphatic heterocycles. The van der Waals surface area contributed by atoms with Crippen molar-refractivity contribution >= 4 is 46.7 Å². The zero-order valence-corrected chi connectivity index (χ0v) is 22.9. The van der Waals surface area contributed by atoms with Gasteiger partial charge in [0.25, 0.3) is 0 Å². The van der Waals surface area contributed by atoms with Crippen LogP contribution in [-0.2, 0) is 17.2 Å². The number of hydrogen-bond acceptors (Lipinski definition) is 6. The van der Waals surface area contributed by atoms with E-state index in [0.29, 0.717) is 49.5 Å². The van der Waals surface area contributed by atoms with Crippen molar-refractivity contribution in [1.29, 1.82) is 0 Å². The highest BCUT2D eigenvalue weighted by molar-refractivity contribution is 7.98. The monoisotopic (exact) mass is 568 g/mol. The summed E-state index contributed by atoms with van der Waals surface area (Å²) >= 11 is 13.6. The van der Waals surface area contributed by atoms with E-state index in [0.717, 1.165) is 11.1 Å². The number of nitrogens with one attached hydrogen (secondary N) is 1. The fourth-order valence-electron chi connectivity index (χ4n) is 4.29. The first-order valence-corrected chi connectivity index (χ1v) is 13.5. The molecule has 0 bridgehead atoms. The molecule has 0 saturated heterocycles. The highest BCUT2D eigenvalue weighted by Crippen LogP contribution is 2.38. The van der Waals surface area contributed by atoms with Crippen molar-refractivity contribution in [2.24, 2.45) is 0 Å². The second kappa shape index (κ2) is 11.2. The van der Waals surface area contributed by atoms with Gasteiger partial charge in [0, 0.05) is 32.6 Å². The van der Waals surface area contributed by atoms with Gasteiger partial charge < -0.3 is 10.1 Å². The lowest BCUT2D eigenvalue weighted by Crippen LogP contribution is -2.27. The van der Waals surface area contributed by atoms with Crippen LogP contribution in [0, 0.1) is 5.82 Å². The van der Waals surface area contributed by atoms with E-state index in [-0.39, 0.29) is 18.2 Å². The van der Waals surface area contributed by atoms with E-state index < -0.39 is 6.04 Å². The van der Waals surface area contributed by atoms with Gasteiger partial charge in [-0.1, -0.05) is 71.4 Å². The number of ketones is 1. The van der Waals surface area contributed by atoms with E-state index in [2.05, 4.69) is 15.4 Å². The molecule has 1 aliphatic rings. The molecule has 10 heteroatoms. The van der Waals surface area contributed by atoms with Gasteiger partial charge in [0.1, 0.15) is 24.2 Å². The third-order valence-electron chi connectivity index (χ3n) is 6.11. The smallest absolute Gasteiger partial charge is 0.227 e. The standard InChI is InChI=1S/C28H23Cl2FN4O2S/c1-16-25(17(2)36)26(18-7-5-8-22(12-18)37-14-19-10-11-21(29)13-23(19)30)35-27(32-16)33-28(34-35)38-15-20-6-3-4-9-24(20)31/h3-13,26H,14-15H2,1-2H3,(H,32,33,34). The molecular weight excluding hydrogens is 546 g/mol. The number of hydrogen-bond donors (Lipinski definition) is 1. The lowest BCUT2D eigenvalue weighted by molar-refractivity contribution is -0.114. The molecule has 1 unspecified atom stereocenters. The minimum Gasteiger partial charge on any atom is -0.489 e. The number of rotatable bonds is 8. The molecule has 194 valence electrons. The molecule has 1 N–H and O–H groups in total. The van der Waals surface area contributed by atoms with Crippen LogP contribution in [0.3, 0.4) is 0 Å². The summed E-state index contributed by atoms with van der Waals surface area (Å²) in [5.74, 6) is 1.15. The number of ether oxygens (including phenoxy) is 1. The first kappa shape index (κ1) is 26.3. The van der Waals surface area contributed by atoms with Crippen LogP contribution in [0.25, 0.3) is 0 Å². The van der Waals surface area contributed by atoms with Crippen molar-refractivity contribution < 1.29 is 13.9 Å². The number of anilines is 1. The van der Waals surface area contributed by atoms with Crippen molar-refractivity contribution in [3.05, 3.63) is 111 Å². The van der Waals surface area contributed by atoms with E-state index in [1.807, 2.05) is 37.3 Å². The minimum absolute atomic E-state index is 0.0824. The van der Waals surface area contributed by atoms with E-state index in [1.54, 1.807) is 35.0 Å². The summed E-state index contributed by atoms with van der Waals surface area (Å²) in [6, 6.07) is 18.9. The van der Waals surface area contributed by atoms with E-state index in [4.69, 9.17) is 27.9 Å². The number of benzene rings is 3. The topological polar surface area (TPSA) is 69.0 Å². The highest BCUT2D eigenvalue weighted by atomic mass is 35.5. The van der Waals surface area contributed by atoms with Crippen LogP contribution in [0.1, 0.15) is 36.6 Å². The van der Waals surface area contributed by atoms with Crippen molar-refractivity contribution in [1.82, 2.24) is 14.8 Å². The van der Waals surface area contributed by atoms with Crippen molar-refractivity contribution in [3.8, 4) is 5.75 Å². The number of allylic oxidation sites excluding steroid dienone is 2. The molecule has 0 radical (unpaired) electrons. The third kappa shape index (κ3) is 5.57. The van der Waals surface area contributed by atoms with Crippen LogP contribution >= 0.6 is 35.0 Å². The first-order valence-electron chi connectivity index (χ1n) is 11.8. The Kier molecular flexibility index (Phi) is 7.74. The summed E-state index contributed by atoms with van der Waals surface area (Å²) in [6.07, 6.45) is 0. The van der Waals surface area contributed by atoms with Crippen LogP contribution in [0.4, 0.5) is 10.3 Å². The van der Waals surface area contributed by atoms with Gasteiger partial charge in [-0.25, -0.2) is 9.07 Å². The molecule has 1 atom stereocenters. The predicted molar refractivity (Wildman–Crippen MR) is 148 cm³/mol. The maximum atomic E-state index is 14.1. The van der Waals surface area contributed by atoms with Crippen LogP contribution < -0.4 is 10.1 Å². The highest BCUT2D eigenvalue weighted by Gasteiger charge is 2.33. The SMILES string of the molecule is CC(=O)C1=C(C)Nc2nc(SCc3ccccc3F)nn2C1c1cccc(OCc2ccc(Cl)cc2Cl)c1. The Labute approximate surface area is 233 Å². The number of nitrogens with zero attached hydrogens (tertiary/aromatic N) is 3. The summed E-state index contributed by atoms with van der Waals surface area (Å²) in [4.78, 5) is 17.4. The van der Waals surface area contributed by atoms with Crippen molar-refractivity contribution in [2.45, 2.75) is 37.4 Å². The lowest BCUT2D eigenvalue weighted by Gasteiger charge is -2.28.